The highest BCUT2D eigenvalue weighted by Crippen LogP contribution is 2.23. The molecular formula is C20H24N3O3+. The normalized spacial score (nSPS) is 14.7. The summed E-state index contributed by atoms with van der Waals surface area (Å²) in [4.78, 5) is 26.7. The molecule has 1 fully saturated rings. The number of piperazine rings is 1. The van der Waals surface area contributed by atoms with Crippen molar-refractivity contribution in [1.82, 2.24) is 4.90 Å². The number of para-hydroxylation sites is 1. The summed E-state index contributed by atoms with van der Waals surface area (Å²) in [5, 5.41) is 2.93. The first kappa shape index (κ1) is 17.9. The Kier molecular flexibility index (Phi) is 5.86. The molecule has 0 spiro atoms. The van der Waals surface area contributed by atoms with Gasteiger partial charge < -0.3 is 19.9 Å². The number of hydrogen-bond donors (Lipinski definition) is 2. The first-order valence-electron chi connectivity index (χ1n) is 8.82. The van der Waals surface area contributed by atoms with Gasteiger partial charge in [-0.3, -0.25) is 9.59 Å². The number of hydrogen-bond acceptors (Lipinski definition) is 3. The van der Waals surface area contributed by atoms with Crippen molar-refractivity contribution in [3.8, 4) is 11.5 Å². The molecule has 1 aliphatic rings. The molecule has 1 saturated heterocycles. The molecule has 0 unspecified atom stereocenters. The number of quaternary nitrogens is 1. The van der Waals surface area contributed by atoms with Crippen molar-refractivity contribution in [2.24, 2.45) is 0 Å². The Bertz CT molecular complexity index is 756. The lowest BCUT2D eigenvalue weighted by Crippen LogP contribution is -3.15. The van der Waals surface area contributed by atoms with Crippen LogP contribution in [0.5, 0.6) is 11.5 Å². The van der Waals surface area contributed by atoms with Gasteiger partial charge in [0.25, 0.3) is 5.91 Å². The molecule has 0 aliphatic carbocycles. The number of rotatable bonds is 5. The average Bonchev–Trinajstić information content (AvgIpc) is 2.63. The second-order valence-corrected chi connectivity index (χ2v) is 6.42. The molecule has 2 amide bonds. The summed E-state index contributed by atoms with van der Waals surface area (Å²) in [6.45, 7) is 4.99. The van der Waals surface area contributed by atoms with Crippen LogP contribution in [0, 0.1) is 0 Å². The number of ether oxygens (including phenoxy) is 1. The molecule has 2 aromatic carbocycles. The van der Waals surface area contributed by atoms with E-state index in [-0.39, 0.29) is 11.8 Å². The number of amides is 2. The predicted molar refractivity (Wildman–Crippen MR) is 99.4 cm³/mol. The first-order valence-corrected chi connectivity index (χ1v) is 8.82. The van der Waals surface area contributed by atoms with E-state index >= 15 is 0 Å². The molecule has 0 saturated carbocycles. The van der Waals surface area contributed by atoms with E-state index < -0.39 is 0 Å². The van der Waals surface area contributed by atoms with E-state index in [0.29, 0.717) is 31.1 Å². The number of anilines is 1. The summed E-state index contributed by atoms with van der Waals surface area (Å²) in [7, 11) is 0. The molecule has 6 heteroatoms. The molecule has 0 aromatic heterocycles. The van der Waals surface area contributed by atoms with Crippen molar-refractivity contribution in [2.45, 2.75) is 6.92 Å². The Balaban J connectivity index is 1.52. The Morgan fingerprint density at radius 1 is 1.04 bits per heavy atom. The van der Waals surface area contributed by atoms with Gasteiger partial charge in [0.1, 0.15) is 11.5 Å². The number of carbonyl (C=O) groups excluding carboxylic acids is 2. The highest BCUT2D eigenvalue weighted by molar-refractivity contribution is 5.91. The molecule has 1 heterocycles. The lowest BCUT2D eigenvalue weighted by atomic mass is 10.2. The summed E-state index contributed by atoms with van der Waals surface area (Å²) in [5.41, 5.74) is 0.713. The quantitative estimate of drug-likeness (QED) is 0.847. The fraction of sp³-hybridized carbons (Fsp3) is 0.300. The standard InChI is InChI=1S/C20H23N3O3/c1-16(24)23-12-10-22(11-13-23)15-20(25)21-17-6-5-9-19(14-17)26-18-7-3-2-4-8-18/h2-9,14H,10-13,15H2,1H3,(H,21,25)/p+1. The van der Waals surface area contributed by atoms with E-state index in [1.807, 2.05) is 59.5 Å². The zero-order valence-corrected chi connectivity index (χ0v) is 14.9. The fourth-order valence-electron chi connectivity index (χ4n) is 3.01. The van der Waals surface area contributed by atoms with Crippen LogP contribution in [0.2, 0.25) is 0 Å². The molecule has 136 valence electrons. The van der Waals surface area contributed by atoms with Crippen LogP contribution in [0.1, 0.15) is 6.92 Å². The van der Waals surface area contributed by atoms with E-state index in [9.17, 15) is 9.59 Å². The van der Waals surface area contributed by atoms with Gasteiger partial charge in [-0.1, -0.05) is 24.3 Å². The van der Waals surface area contributed by atoms with E-state index in [0.717, 1.165) is 18.8 Å². The summed E-state index contributed by atoms with van der Waals surface area (Å²) >= 11 is 0. The molecule has 0 radical (unpaired) electrons. The third kappa shape index (κ3) is 5.07. The minimum Gasteiger partial charge on any atom is -0.457 e. The Morgan fingerprint density at radius 2 is 1.73 bits per heavy atom. The number of benzene rings is 2. The maximum atomic E-state index is 12.3. The molecule has 0 atom stereocenters. The van der Waals surface area contributed by atoms with E-state index in [4.69, 9.17) is 4.74 Å². The number of nitrogens with zero attached hydrogens (tertiary/aromatic N) is 1. The van der Waals surface area contributed by atoms with Gasteiger partial charge in [0, 0.05) is 18.7 Å². The number of carbonyl (C=O) groups is 2. The second-order valence-electron chi connectivity index (χ2n) is 6.42. The predicted octanol–water partition coefficient (Wildman–Crippen LogP) is 1.16. The first-order chi connectivity index (χ1) is 12.6. The minimum atomic E-state index is -0.0341. The van der Waals surface area contributed by atoms with Gasteiger partial charge in [-0.15, -0.1) is 0 Å². The SMILES string of the molecule is CC(=O)N1CC[NH+](CC(=O)Nc2cccc(Oc3ccccc3)c2)CC1. The summed E-state index contributed by atoms with van der Waals surface area (Å²) < 4.78 is 5.79. The molecule has 1 aliphatic heterocycles. The fourth-order valence-corrected chi connectivity index (χ4v) is 3.01. The zero-order chi connectivity index (χ0) is 18.4. The summed E-state index contributed by atoms with van der Waals surface area (Å²) in [6.07, 6.45) is 0. The highest BCUT2D eigenvalue weighted by atomic mass is 16.5. The third-order valence-electron chi connectivity index (χ3n) is 4.42. The molecular weight excluding hydrogens is 330 g/mol. The van der Waals surface area contributed by atoms with Crippen LogP contribution in [0.15, 0.2) is 54.6 Å². The molecule has 6 nitrogen and oxygen atoms in total. The summed E-state index contributed by atoms with van der Waals surface area (Å²) in [5.74, 6) is 1.50. The van der Waals surface area contributed by atoms with Gasteiger partial charge in [0.2, 0.25) is 5.91 Å². The molecule has 26 heavy (non-hydrogen) atoms. The van der Waals surface area contributed by atoms with Crippen molar-refractivity contribution in [3.05, 3.63) is 54.6 Å². The van der Waals surface area contributed by atoms with E-state index in [1.54, 1.807) is 6.92 Å². The summed E-state index contributed by atoms with van der Waals surface area (Å²) in [6, 6.07) is 16.9. The lowest BCUT2D eigenvalue weighted by Gasteiger charge is -2.31. The Hall–Kier alpha value is -2.86. The van der Waals surface area contributed by atoms with Crippen LogP contribution in [0.4, 0.5) is 5.69 Å². The smallest absolute Gasteiger partial charge is 0.279 e. The molecule has 2 aromatic rings. The van der Waals surface area contributed by atoms with Gasteiger partial charge in [-0.05, 0) is 24.3 Å². The number of nitrogens with one attached hydrogen (secondary N) is 2. The van der Waals surface area contributed by atoms with Crippen LogP contribution in [0.25, 0.3) is 0 Å². The van der Waals surface area contributed by atoms with Crippen LogP contribution < -0.4 is 15.0 Å². The Labute approximate surface area is 153 Å². The monoisotopic (exact) mass is 354 g/mol. The topological polar surface area (TPSA) is 63.1 Å². The van der Waals surface area contributed by atoms with Crippen molar-refractivity contribution in [2.75, 3.05) is 38.0 Å². The van der Waals surface area contributed by atoms with Gasteiger partial charge in [0.05, 0.1) is 26.2 Å². The largest absolute Gasteiger partial charge is 0.457 e. The minimum absolute atomic E-state index is 0.0341. The van der Waals surface area contributed by atoms with Crippen molar-refractivity contribution >= 4 is 17.5 Å². The molecule has 2 N–H and O–H groups in total. The maximum Gasteiger partial charge on any atom is 0.279 e. The second kappa shape index (κ2) is 8.49. The van der Waals surface area contributed by atoms with Crippen LogP contribution in [-0.4, -0.2) is 49.4 Å². The van der Waals surface area contributed by atoms with Gasteiger partial charge in [-0.2, -0.15) is 0 Å². The van der Waals surface area contributed by atoms with Crippen LogP contribution in [-0.2, 0) is 9.59 Å². The van der Waals surface area contributed by atoms with Crippen LogP contribution >= 0.6 is 0 Å². The van der Waals surface area contributed by atoms with Crippen molar-refractivity contribution < 1.29 is 19.2 Å². The van der Waals surface area contributed by atoms with Gasteiger partial charge >= 0.3 is 0 Å². The molecule has 0 bridgehead atoms. The maximum absolute atomic E-state index is 12.3. The lowest BCUT2D eigenvalue weighted by molar-refractivity contribution is -0.895. The van der Waals surface area contributed by atoms with Crippen LogP contribution in [0.3, 0.4) is 0 Å². The average molecular weight is 354 g/mol. The third-order valence-corrected chi connectivity index (χ3v) is 4.42. The van der Waals surface area contributed by atoms with E-state index in [1.165, 1.54) is 4.90 Å². The van der Waals surface area contributed by atoms with Gasteiger partial charge in [-0.25, -0.2) is 0 Å². The van der Waals surface area contributed by atoms with Crippen molar-refractivity contribution in [1.29, 1.82) is 0 Å². The highest BCUT2D eigenvalue weighted by Gasteiger charge is 2.23. The molecule has 3 rings (SSSR count). The zero-order valence-electron chi connectivity index (χ0n) is 14.9. The van der Waals surface area contributed by atoms with E-state index in [2.05, 4.69) is 5.32 Å². The van der Waals surface area contributed by atoms with Gasteiger partial charge in [0.15, 0.2) is 6.54 Å². The Morgan fingerprint density at radius 3 is 2.42 bits per heavy atom. The van der Waals surface area contributed by atoms with Crippen molar-refractivity contribution in [3.63, 3.8) is 0 Å².